The lowest BCUT2D eigenvalue weighted by Gasteiger charge is -2.17. The van der Waals surface area contributed by atoms with E-state index < -0.39 is 5.82 Å². The van der Waals surface area contributed by atoms with Crippen LogP contribution in [0.25, 0.3) is 0 Å². The summed E-state index contributed by atoms with van der Waals surface area (Å²) in [6.07, 6.45) is 2.14. The molecule has 1 aromatic carbocycles. The highest BCUT2D eigenvalue weighted by atomic mass is 35.5. The molecule has 0 spiro atoms. The van der Waals surface area contributed by atoms with E-state index in [0.29, 0.717) is 12.0 Å². The van der Waals surface area contributed by atoms with Crippen molar-refractivity contribution in [2.24, 2.45) is 12.9 Å². The van der Waals surface area contributed by atoms with Crippen LogP contribution in [0.15, 0.2) is 24.4 Å². The average Bonchev–Trinajstić information content (AvgIpc) is 2.72. The van der Waals surface area contributed by atoms with E-state index in [1.165, 1.54) is 6.07 Å². The Labute approximate surface area is 116 Å². The average molecular weight is 283 g/mol. The molecule has 1 atom stereocenters. The Morgan fingerprint density at radius 2 is 2.26 bits per heavy atom. The maximum atomic E-state index is 13.9. The van der Waals surface area contributed by atoms with Gasteiger partial charge in [-0.1, -0.05) is 23.7 Å². The van der Waals surface area contributed by atoms with Crippen LogP contribution >= 0.6 is 11.6 Å². The number of aromatic nitrogens is 2. The van der Waals surface area contributed by atoms with Crippen molar-refractivity contribution >= 4 is 11.6 Å². The number of aryl methyl sites for hydroxylation is 1. The fourth-order valence-electron chi connectivity index (χ4n) is 2.02. The molecule has 102 valence electrons. The van der Waals surface area contributed by atoms with Crippen LogP contribution in [0.1, 0.15) is 23.1 Å². The predicted molar refractivity (Wildman–Crippen MR) is 73.1 cm³/mol. The van der Waals surface area contributed by atoms with Crippen molar-refractivity contribution in [3.8, 4) is 0 Å². The number of nitrogens with one attached hydrogen (secondary N) is 1. The van der Waals surface area contributed by atoms with E-state index in [2.05, 4.69) is 10.4 Å². The molecule has 0 saturated heterocycles. The van der Waals surface area contributed by atoms with E-state index in [9.17, 15) is 4.39 Å². The summed E-state index contributed by atoms with van der Waals surface area (Å²) in [5.74, 6) is 6.05. The van der Waals surface area contributed by atoms with Crippen molar-refractivity contribution < 1.29 is 4.39 Å². The molecule has 1 heterocycles. The number of nitrogens with two attached hydrogens (primary N) is 1. The van der Waals surface area contributed by atoms with Gasteiger partial charge in [0.2, 0.25) is 0 Å². The first kappa shape index (κ1) is 14.0. The van der Waals surface area contributed by atoms with E-state index in [4.69, 9.17) is 17.4 Å². The molecule has 0 bridgehead atoms. The van der Waals surface area contributed by atoms with Crippen LogP contribution in [0.5, 0.6) is 0 Å². The van der Waals surface area contributed by atoms with Gasteiger partial charge in [-0.25, -0.2) is 9.37 Å². The monoisotopic (exact) mass is 282 g/mol. The lowest BCUT2D eigenvalue weighted by molar-refractivity contribution is 0.504. The van der Waals surface area contributed by atoms with E-state index in [0.717, 1.165) is 11.5 Å². The summed E-state index contributed by atoms with van der Waals surface area (Å²) in [6, 6.07) is 4.73. The van der Waals surface area contributed by atoms with Crippen molar-refractivity contribution in [1.29, 1.82) is 0 Å². The number of benzene rings is 1. The standard InChI is InChI=1S/C13H16ClFN4/c1-8-17-7-12(19(8)2)11(18-16)6-9-4-3-5-10(14)13(9)15/h3-5,7,11,18H,6,16H2,1-2H3. The first-order chi connectivity index (χ1) is 9.04. The number of hydrogen-bond donors (Lipinski definition) is 2. The molecule has 0 aliphatic rings. The van der Waals surface area contributed by atoms with E-state index in [-0.39, 0.29) is 11.1 Å². The number of hydrazine groups is 1. The zero-order chi connectivity index (χ0) is 14.0. The van der Waals surface area contributed by atoms with Crippen LogP contribution in [0, 0.1) is 12.7 Å². The molecule has 0 radical (unpaired) electrons. The highest BCUT2D eigenvalue weighted by Crippen LogP contribution is 2.23. The van der Waals surface area contributed by atoms with Crippen molar-refractivity contribution in [2.45, 2.75) is 19.4 Å². The molecular weight excluding hydrogens is 267 g/mol. The first-order valence-corrected chi connectivity index (χ1v) is 6.29. The van der Waals surface area contributed by atoms with Crippen LogP contribution in [-0.2, 0) is 13.5 Å². The summed E-state index contributed by atoms with van der Waals surface area (Å²) in [5.41, 5.74) is 4.12. The van der Waals surface area contributed by atoms with E-state index in [1.807, 2.05) is 18.5 Å². The van der Waals surface area contributed by atoms with Gasteiger partial charge in [-0.3, -0.25) is 11.3 Å². The number of nitrogens with zero attached hydrogens (tertiary/aromatic N) is 2. The Morgan fingerprint density at radius 3 is 2.84 bits per heavy atom. The second-order valence-electron chi connectivity index (χ2n) is 4.43. The molecule has 0 aliphatic carbocycles. The van der Waals surface area contributed by atoms with Gasteiger partial charge in [-0.15, -0.1) is 0 Å². The number of hydrogen-bond acceptors (Lipinski definition) is 3. The lowest BCUT2D eigenvalue weighted by atomic mass is 10.0. The van der Waals surface area contributed by atoms with Crippen LogP contribution in [0.4, 0.5) is 4.39 Å². The molecule has 2 aromatic rings. The van der Waals surface area contributed by atoms with E-state index >= 15 is 0 Å². The largest absolute Gasteiger partial charge is 0.334 e. The Bertz CT molecular complexity index is 582. The number of rotatable bonds is 4. The van der Waals surface area contributed by atoms with Gasteiger partial charge in [0.1, 0.15) is 11.6 Å². The van der Waals surface area contributed by atoms with Gasteiger partial charge in [0.15, 0.2) is 0 Å². The minimum absolute atomic E-state index is 0.120. The summed E-state index contributed by atoms with van der Waals surface area (Å²) in [4.78, 5) is 4.21. The second-order valence-corrected chi connectivity index (χ2v) is 4.83. The summed E-state index contributed by atoms with van der Waals surface area (Å²) in [6.45, 7) is 1.90. The smallest absolute Gasteiger partial charge is 0.145 e. The molecule has 0 fully saturated rings. The predicted octanol–water partition coefficient (Wildman–Crippen LogP) is 2.27. The quantitative estimate of drug-likeness (QED) is 0.668. The van der Waals surface area contributed by atoms with Gasteiger partial charge in [0.25, 0.3) is 0 Å². The maximum absolute atomic E-state index is 13.9. The number of imidazole rings is 1. The van der Waals surface area contributed by atoms with Crippen molar-refractivity contribution in [1.82, 2.24) is 15.0 Å². The summed E-state index contributed by atoms with van der Waals surface area (Å²) >= 11 is 5.78. The molecule has 2 rings (SSSR count). The molecule has 1 unspecified atom stereocenters. The Hall–Kier alpha value is -1.43. The molecular formula is C13H16ClFN4. The minimum Gasteiger partial charge on any atom is -0.334 e. The van der Waals surface area contributed by atoms with Gasteiger partial charge in [-0.2, -0.15) is 0 Å². The maximum Gasteiger partial charge on any atom is 0.145 e. The molecule has 1 aromatic heterocycles. The second kappa shape index (κ2) is 5.69. The third-order valence-corrected chi connectivity index (χ3v) is 3.56. The van der Waals surface area contributed by atoms with Crippen LogP contribution in [0.2, 0.25) is 5.02 Å². The summed E-state index contributed by atoms with van der Waals surface area (Å²) in [7, 11) is 1.90. The molecule has 3 N–H and O–H groups in total. The number of halogens is 2. The normalized spacial score (nSPS) is 12.7. The SMILES string of the molecule is Cc1ncc(C(Cc2cccc(Cl)c2F)NN)n1C. The van der Waals surface area contributed by atoms with E-state index in [1.54, 1.807) is 18.3 Å². The summed E-state index contributed by atoms with van der Waals surface area (Å²) < 4.78 is 15.8. The Balaban J connectivity index is 2.29. The Morgan fingerprint density at radius 1 is 1.53 bits per heavy atom. The van der Waals surface area contributed by atoms with Crippen LogP contribution in [-0.4, -0.2) is 9.55 Å². The Kier molecular flexibility index (Phi) is 4.19. The lowest BCUT2D eigenvalue weighted by Crippen LogP contribution is -2.31. The highest BCUT2D eigenvalue weighted by Gasteiger charge is 2.18. The molecule has 4 nitrogen and oxygen atoms in total. The minimum atomic E-state index is -0.400. The van der Waals surface area contributed by atoms with Crippen molar-refractivity contribution in [2.75, 3.05) is 0 Å². The fourth-order valence-corrected chi connectivity index (χ4v) is 2.21. The van der Waals surface area contributed by atoms with Gasteiger partial charge < -0.3 is 4.57 Å². The third kappa shape index (κ3) is 2.78. The topological polar surface area (TPSA) is 55.9 Å². The van der Waals surface area contributed by atoms with Crippen LogP contribution < -0.4 is 11.3 Å². The van der Waals surface area contributed by atoms with Crippen LogP contribution in [0.3, 0.4) is 0 Å². The van der Waals surface area contributed by atoms with Gasteiger partial charge in [-0.05, 0) is 25.0 Å². The molecule has 0 saturated carbocycles. The molecule has 0 amide bonds. The molecule has 0 aliphatic heterocycles. The molecule has 6 heteroatoms. The van der Waals surface area contributed by atoms with Gasteiger partial charge in [0, 0.05) is 7.05 Å². The van der Waals surface area contributed by atoms with Gasteiger partial charge >= 0.3 is 0 Å². The van der Waals surface area contributed by atoms with Crippen molar-refractivity contribution in [3.63, 3.8) is 0 Å². The van der Waals surface area contributed by atoms with Crippen molar-refractivity contribution in [3.05, 3.63) is 52.3 Å². The zero-order valence-corrected chi connectivity index (χ0v) is 11.6. The third-order valence-electron chi connectivity index (χ3n) is 3.27. The fraction of sp³-hybridized carbons (Fsp3) is 0.308. The first-order valence-electron chi connectivity index (χ1n) is 5.91. The summed E-state index contributed by atoms with van der Waals surface area (Å²) in [5, 5.41) is 0.120. The zero-order valence-electron chi connectivity index (χ0n) is 10.8. The highest BCUT2D eigenvalue weighted by molar-refractivity contribution is 6.30. The molecule has 19 heavy (non-hydrogen) atoms. The van der Waals surface area contributed by atoms with Gasteiger partial charge in [0.05, 0.1) is 23.0 Å².